The molecule has 0 aromatic carbocycles. The van der Waals surface area contributed by atoms with Crippen molar-refractivity contribution in [3.05, 3.63) is 0 Å². The highest BCUT2D eigenvalue weighted by Gasteiger charge is 2.35. The van der Waals surface area contributed by atoms with Crippen molar-refractivity contribution in [2.75, 3.05) is 6.54 Å². The molecular weight excluding hydrogens is 198 g/mol. The van der Waals surface area contributed by atoms with Gasteiger partial charge in [0, 0.05) is 12.1 Å². The van der Waals surface area contributed by atoms with Crippen LogP contribution in [0.25, 0.3) is 0 Å². The Labute approximate surface area is 100 Å². The Bertz CT molecular complexity index is 205. The van der Waals surface area contributed by atoms with Crippen molar-refractivity contribution in [2.45, 2.75) is 77.0 Å². The van der Waals surface area contributed by atoms with Gasteiger partial charge < -0.3 is 5.11 Å². The van der Waals surface area contributed by atoms with Crippen LogP contribution in [0.1, 0.15) is 58.8 Å². The van der Waals surface area contributed by atoms with E-state index in [4.69, 9.17) is 0 Å². The van der Waals surface area contributed by atoms with E-state index in [1.807, 2.05) is 0 Å². The van der Waals surface area contributed by atoms with E-state index < -0.39 is 0 Å². The van der Waals surface area contributed by atoms with E-state index in [1.165, 1.54) is 38.6 Å². The average molecular weight is 225 g/mol. The van der Waals surface area contributed by atoms with Gasteiger partial charge in [0.25, 0.3) is 0 Å². The van der Waals surface area contributed by atoms with Crippen molar-refractivity contribution < 1.29 is 5.11 Å². The van der Waals surface area contributed by atoms with Gasteiger partial charge in [0.1, 0.15) is 0 Å². The van der Waals surface area contributed by atoms with Gasteiger partial charge in [0.15, 0.2) is 0 Å². The lowest BCUT2D eigenvalue weighted by Crippen LogP contribution is -2.41. The topological polar surface area (TPSA) is 23.5 Å². The molecule has 94 valence electrons. The van der Waals surface area contributed by atoms with Crippen LogP contribution in [0.15, 0.2) is 0 Å². The van der Waals surface area contributed by atoms with Crippen molar-refractivity contribution in [3.63, 3.8) is 0 Å². The van der Waals surface area contributed by atoms with E-state index >= 15 is 0 Å². The van der Waals surface area contributed by atoms with Crippen LogP contribution in [0.5, 0.6) is 0 Å². The first kappa shape index (κ1) is 12.4. The molecule has 0 aliphatic heterocycles. The number of aliphatic hydroxyl groups excluding tert-OH is 1. The second-order valence-electron chi connectivity index (χ2n) is 6.11. The fraction of sp³-hybridized carbons (Fsp3) is 1.00. The second-order valence-corrected chi connectivity index (χ2v) is 6.11. The standard InChI is InChI=1S/C14H27NO/c1-11(2)9-10-15(12-3-4-12)13-5-7-14(16)8-6-13/h11-14,16H,3-10H2,1-2H3. The highest BCUT2D eigenvalue weighted by atomic mass is 16.3. The fourth-order valence-corrected chi connectivity index (χ4v) is 2.87. The van der Waals surface area contributed by atoms with Crippen LogP contribution in [0, 0.1) is 5.92 Å². The largest absolute Gasteiger partial charge is 0.393 e. The molecule has 2 aliphatic carbocycles. The van der Waals surface area contributed by atoms with E-state index in [0.717, 1.165) is 30.8 Å². The summed E-state index contributed by atoms with van der Waals surface area (Å²) < 4.78 is 0. The summed E-state index contributed by atoms with van der Waals surface area (Å²) in [6.45, 7) is 5.91. The molecule has 2 nitrogen and oxygen atoms in total. The van der Waals surface area contributed by atoms with E-state index in [1.54, 1.807) is 0 Å². The van der Waals surface area contributed by atoms with Crippen LogP contribution in [0.2, 0.25) is 0 Å². The van der Waals surface area contributed by atoms with Gasteiger partial charge in [0.05, 0.1) is 6.10 Å². The summed E-state index contributed by atoms with van der Waals surface area (Å²) in [7, 11) is 0. The Morgan fingerprint density at radius 2 is 1.50 bits per heavy atom. The van der Waals surface area contributed by atoms with Gasteiger partial charge in [-0.1, -0.05) is 13.8 Å². The number of hydrogen-bond acceptors (Lipinski definition) is 2. The molecule has 0 unspecified atom stereocenters. The predicted octanol–water partition coefficient (Wildman–Crippen LogP) is 2.80. The van der Waals surface area contributed by atoms with Gasteiger partial charge in [-0.15, -0.1) is 0 Å². The lowest BCUT2D eigenvalue weighted by molar-refractivity contribution is 0.0677. The molecule has 1 N–H and O–H groups in total. The third-order valence-electron chi connectivity index (χ3n) is 4.12. The smallest absolute Gasteiger partial charge is 0.0541 e. The molecule has 0 bridgehead atoms. The van der Waals surface area contributed by atoms with Crippen molar-refractivity contribution in [3.8, 4) is 0 Å². The van der Waals surface area contributed by atoms with Crippen LogP contribution >= 0.6 is 0 Å². The highest BCUT2D eigenvalue weighted by Crippen LogP contribution is 2.34. The SMILES string of the molecule is CC(C)CCN(C1CCC(O)CC1)C1CC1. The average Bonchev–Trinajstić information content (AvgIpc) is 3.04. The molecule has 0 heterocycles. The minimum absolute atomic E-state index is 0.0117. The first-order valence-electron chi connectivity index (χ1n) is 7.10. The Morgan fingerprint density at radius 1 is 1.00 bits per heavy atom. The summed E-state index contributed by atoms with van der Waals surface area (Å²) in [5, 5.41) is 9.56. The van der Waals surface area contributed by atoms with Crippen molar-refractivity contribution in [2.24, 2.45) is 5.92 Å². The van der Waals surface area contributed by atoms with Gasteiger partial charge >= 0.3 is 0 Å². The summed E-state index contributed by atoms with van der Waals surface area (Å²) in [6.07, 6.45) is 8.63. The molecule has 2 rings (SSSR count). The van der Waals surface area contributed by atoms with Gasteiger partial charge in [-0.3, -0.25) is 4.90 Å². The Balaban J connectivity index is 1.81. The van der Waals surface area contributed by atoms with Crippen molar-refractivity contribution >= 4 is 0 Å². The molecule has 0 radical (unpaired) electrons. The van der Waals surface area contributed by atoms with Gasteiger partial charge in [-0.05, 0) is 57.4 Å². The number of aliphatic hydroxyl groups is 1. The summed E-state index contributed by atoms with van der Waals surface area (Å²) >= 11 is 0. The van der Waals surface area contributed by atoms with Gasteiger partial charge in [0.2, 0.25) is 0 Å². The lowest BCUT2D eigenvalue weighted by atomic mass is 9.91. The molecule has 0 aromatic rings. The maximum Gasteiger partial charge on any atom is 0.0541 e. The molecule has 16 heavy (non-hydrogen) atoms. The summed E-state index contributed by atoms with van der Waals surface area (Å²) in [5.41, 5.74) is 0. The van der Waals surface area contributed by atoms with E-state index in [-0.39, 0.29) is 6.10 Å². The van der Waals surface area contributed by atoms with E-state index in [9.17, 15) is 5.11 Å². The normalized spacial score (nSPS) is 31.3. The molecule has 0 atom stereocenters. The van der Waals surface area contributed by atoms with Gasteiger partial charge in [-0.25, -0.2) is 0 Å². The summed E-state index contributed by atoms with van der Waals surface area (Å²) in [4.78, 5) is 2.76. The fourth-order valence-electron chi connectivity index (χ4n) is 2.87. The molecule has 2 saturated carbocycles. The first-order valence-corrected chi connectivity index (χ1v) is 7.10. The monoisotopic (exact) mass is 225 g/mol. The van der Waals surface area contributed by atoms with Crippen LogP contribution < -0.4 is 0 Å². The zero-order valence-corrected chi connectivity index (χ0v) is 10.9. The van der Waals surface area contributed by atoms with Gasteiger partial charge in [-0.2, -0.15) is 0 Å². The molecule has 2 fully saturated rings. The molecule has 0 spiro atoms. The highest BCUT2D eigenvalue weighted by molar-refractivity contribution is 4.90. The van der Waals surface area contributed by atoms with E-state index in [0.29, 0.717) is 0 Å². The molecule has 2 heteroatoms. The third kappa shape index (κ3) is 3.46. The minimum atomic E-state index is -0.0117. The number of nitrogens with zero attached hydrogens (tertiary/aromatic N) is 1. The third-order valence-corrected chi connectivity index (χ3v) is 4.12. The van der Waals surface area contributed by atoms with Crippen LogP contribution in [-0.2, 0) is 0 Å². The molecular formula is C14H27NO. The predicted molar refractivity (Wildman–Crippen MR) is 67.4 cm³/mol. The van der Waals surface area contributed by atoms with Crippen LogP contribution in [-0.4, -0.2) is 34.7 Å². The van der Waals surface area contributed by atoms with Crippen LogP contribution in [0.3, 0.4) is 0 Å². The number of hydrogen-bond donors (Lipinski definition) is 1. The maximum absolute atomic E-state index is 9.56. The molecule has 2 aliphatic rings. The maximum atomic E-state index is 9.56. The Morgan fingerprint density at radius 3 is 1.94 bits per heavy atom. The van der Waals surface area contributed by atoms with Crippen molar-refractivity contribution in [1.82, 2.24) is 4.90 Å². The number of rotatable bonds is 5. The second kappa shape index (κ2) is 5.50. The molecule has 0 amide bonds. The zero-order valence-electron chi connectivity index (χ0n) is 10.9. The Kier molecular flexibility index (Phi) is 4.26. The molecule has 0 saturated heterocycles. The lowest BCUT2D eigenvalue weighted by Gasteiger charge is -2.36. The summed E-state index contributed by atoms with van der Waals surface area (Å²) in [6, 6.07) is 1.66. The van der Waals surface area contributed by atoms with E-state index in [2.05, 4.69) is 18.7 Å². The first-order chi connectivity index (χ1) is 7.66. The zero-order chi connectivity index (χ0) is 11.5. The quantitative estimate of drug-likeness (QED) is 0.777. The minimum Gasteiger partial charge on any atom is -0.393 e. The van der Waals surface area contributed by atoms with Crippen LogP contribution in [0.4, 0.5) is 0 Å². The summed E-state index contributed by atoms with van der Waals surface area (Å²) in [5.74, 6) is 0.815. The molecule has 0 aromatic heterocycles. The van der Waals surface area contributed by atoms with Crippen molar-refractivity contribution in [1.29, 1.82) is 0 Å². The Hall–Kier alpha value is -0.0800.